The summed E-state index contributed by atoms with van der Waals surface area (Å²) in [7, 11) is 0. The molecule has 0 saturated carbocycles. The van der Waals surface area contributed by atoms with Crippen LogP contribution in [0, 0.1) is 0 Å². The molecule has 74 valence electrons. The molecule has 0 spiro atoms. The summed E-state index contributed by atoms with van der Waals surface area (Å²) >= 11 is 0. The van der Waals surface area contributed by atoms with Crippen molar-refractivity contribution in [1.82, 2.24) is 0 Å². The van der Waals surface area contributed by atoms with Crippen LogP contribution in [0.4, 0.5) is 0 Å². The van der Waals surface area contributed by atoms with E-state index in [1.54, 1.807) is 0 Å². The van der Waals surface area contributed by atoms with Crippen molar-refractivity contribution in [3.05, 3.63) is 0 Å². The Morgan fingerprint density at radius 1 is 1.23 bits per heavy atom. The predicted molar refractivity (Wildman–Crippen MR) is 40.6 cm³/mol. The average Bonchev–Trinajstić information content (AvgIpc) is 1.80. The number of aliphatic carboxylic acids is 1. The van der Waals surface area contributed by atoms with Crippen LogP contribution in [0.25, 0.3) is 0 Å². The minimum absolute atomic E-state index is 0.126. The molecular formula is C8H11O5-. The highest BCUT2D eigenvalue weighted by atomic mass is 16.4. The van der Waals surface area contributed by atoms with Gasteiger partial charge < -0.3 is 15.0 Å². The van der Waals surface area contributed by atoms with Gasteiger partial charge in [-0.25, -0.2) is 0 Å². The second-order valence-electron chi connectivity index (χ2n) is 2.86. The Morgan fingerprint density at radius 3 is 2.15 bits per heavy atom. The van der Waals surface area contributed by atoms with Gasteiger partial charge in [0.25, 0.3) is 0 Å². The molecule has 0 aliphatic carbocycles. The molecule has 13 heavy (non-hydrogen) atoms. The zero-order valence-corrected chi connectivity index (χ0v) is 7.28. The summed E-state index contributed by atoms with van der Waals surface area (Å²) in [6, 6.07) is 0. The van der Waals surface area contributed by atoms with Crippen LogP contribution in [0.5, 0.6) is 0 Å². The monoisotopic (exact) mass is 187 g/mol. The Labute approximate surface area is 75.4 Å². The van der Waals surface area contributed by atoms with Crippen LogP contribution in [0.3, 0.4) is 0 Å². The van der Waals surface area contributed by atoms with E-state index in [1.807, 2.05) is 0 Å². The van der Waals surface area contributed by atoms with Gasteiger partial charge in [0.1, 0.15) is 11.6 Å². The Bertz CT molecular complexity index is 219. The highest BCUT2D eigenvalue weighted by molar-refractivity contribution is 6.04. The molecule has 1 unspecified atom stereocenters. The normalized spacial score (nSPS) is 12.2. The van der Waals surface area contributed by atoms with E-state index in [0.29, 0.717) is 0 Å². The maximum atomic E-state index is 10.9. The molecule has 0 aromatic rings. The third-order valence-corrected chi connectivity index (χ3v) is 1.26. The fourth-order valence-corrected chi connectivity index (χ4v) is 0.845. The predicted octanol–water partition coefficient (Wildman–Crippen LogP) is -1.57. The number of carbonyl (C=O) groups excluding carboxylic acids is 3. The number of Topliss-reactive ketones (excluding diaryl/α,β-unsaturated/α-hetero) is 2. The van der Waals surface area contributed by atoms with Gasteiger partial charge in [0.05, 0.1) is 12.5 Å². The number of carbonyl (C=O) groups is 3. The summed E-state index contributed by atoms with van der Waals surface area (Å²) < 4.78 is 0. The topological polar surface area (TPSA) is 94.5 Å². The van der Waals surface area contributed by atoms with E-state index in [1.165, 1.54) is 6.92 Å². The van der Waals surface area contributed by atoms with Crippen molar-refractivity contribution >= 4 is 17.5 Å². The van der Waals surface area contributed by atoms with E-state index < -0.39 is 36.5 Å². The number of aliphatic hydroxyl groups is 1. The minimum Gasteiger partial charge on any atom is -0.550 e. The van der Waals surface area contributed by atoms with Crippen LogP contribution in [0.2, 0.25) is 0 Å². The summed E-state index contributed by atoms with van der Waals surface area (Å²) in [6.45, 7) is 1.42. The third kappa shape index (κ3) is 7.14. The molecule has 0 aromatic carbocycles. The van der Waals surface area contributed by atoms with Crippen LogP contribution < -0.4 is 5.11 Å². The Hall–Kier alpha value is -1.23. The lowest BCUT2D eigenvalue weighted by atomic mass is 10.1. The largest absolute Gasteiger partial charge is 0.550 e. The second kappa shape index (κ2) is 5.42. The fraction of sp³-hybridized carbons (Fsp3) is 0.625. The number of hydrogen-bond donors (Lipinski definition) is 1. The highest BCUT2D eigenvalue weighted by Crippen LogP contribution is 1.98. The molecule has 0 aliphatic rings. The van der Waals surface area contributed by atoms with E-state index in [2.05, 4.69) is 0 Å². The molecule has 0 aromatic heterocycles. The molecule has 0 heterocycles. The maximum Gasteiger partial charge on any atom is 0.145 e. The van der Waals surface area contributed by atoms with Crippen molar-refractivity contribution in [3.8, 4) is 0 Å². The van der Waals surface area contributed by atoms with Gasteiger partial charge in [0.15, 0.2) is 0 Å². The number of aliphatic hydroxyl groups excluding tert-OH is 1. The van der Waals surface area contributed by atoms with Gasteiger partial charge in [0, 0.05) is 18.8 Å². The van der Waals surface area contributed by atoms with Crippen LogP contribution in [0.1, 0.15) is 26.2 Å². The van der Waals surface area contributed by atoms with E-state index in [9.17, 15) is 19.5 Å². The molecule has 0 fully saturated rings. The van der Waals surface area contributed by atoms with Crippen molar-refractivity contribution in [2.24, 2.45) is 0 Å². The number of ketones is 2. The molecule has 0 radical (unpaired) electrons. The van der Waals surface area contributed by atoms with Crippen LogP contribution >= 0.6 is 0 Å². The van der Waals surface area contributed by atoms with Crippen LogP contribution in [-0.4, -0.2) is 28.7 Å². The first-order valence-corrected chi connectivity index (χ1v) is 3.83. The zero-order chi connectivity index (χ0) is 10.4. The molecule has 0 aliphatic heterocycles. The van der Waals surface area contributed by atoms with Gasteiger partial charge in [-0.05, 0) is 6.92 Å². The Kier molecular flexibility index (Phi) is 4.91. The first kappa shape index (κ1) is 11.8. The number of hydrogen-bond acceptors (Lipinski definition) is 5. The lowest BCUT2D eigenvalue weighted by Gasteiger charge is -2.03. The highest BCUT2D eigenvalue weighted by Gasteiger charge is 2.11. The van der Waals surface area contributed by atoms with Gasteiger partial charge in [-0.1, -0.05) is 0 Å². The van der Waals surface area contributed by atoms with Gasteiger partial charge in [-0.3, -0.25) is 9.59 Å². The molecule has 0 rings (SSSR count). The minimum atomic E-state index is -1.49. The summed E-state index contributed by atoms with van der Waals surface area (Å²) in [5, 5.41) is 18.7. The van der Waals surface area contributed by atoms with E-state index >= 15 is 0 Å². The second-order valence-corrected chi connectivity index (χ2v) is 2.86. The molecule has 0 bridgehead atoms. The van der Waals surface area contributed by atoms with Crippen molar-refractivity contribution in [1.29, 1.82) is 0 Å². The van der Waals surface area contributed by atoms with Crippen molar-refractivity contribution in [3.63, 3.8) is 0 Å². The van der Waals surface area contributed by atoms with Gasteiger partial charge >= 0.3 is 0 Å². The van der Waals surface area contributed by atoms with Crippen molar-refractivity contribution < 1.29 is 24.6 Å². The molecule has 0 amide bonds. The average molecular weight is 187 g/mol. The number of rotatable bonds is 6. The smallest absolute Gasteiger partial charge is 0.145 e. The molecule has 0 saturated heterocycles. The fourth-order valence-electron chi connectivity index (χ4n) is 0.845. The lowest BCUT2D eigenvalue weighted by molar-refractivity contribution is -0.304. The summed E-state index contributed by atoms with van der Waals surface area (Å²) in [6.07, 6.45) is -2.12. The van der Waals surface area contributed by atoms with E-state index in [-0.39, 0.29) is 6.42 Å². The summed E-state index contributed by atoms with van der Waals surface area (Å²) in [5.74, 6) is -2.64. The first-order valence-electron chi connectivity index (χ1n) is 3.83. The van der Waals surface area contributed by atoms with Crippen molar-refractivity contribution in [2.75, 3.05) is 0 Å². The number of carboxylic acids is 1. The molecular weight excluding hydrogens is 176 g/mol. The summed E-state index contributed by atoms with van der Waals surface area (Å²) in [5.41, 5.74) is 0. The van der Waals surface area contributed by atoms with Gasteiger partial charge in [-0.2, -0.15) is 0 Å². The van der Waals surface area contributed by atoms with Gasteiger partial charge in [-0.15, -0.1) is 0 Å². The van der Waals surface area contributed by atoms with Gasteiger partial charge in [0.2, 0.25) is 0 Å². The molecule has 1 atom stereocenters. The quantitative estimate of drug-likeness (QED) is 0.507. The van der Waals surface area contributed by atoms with Crippen molar-refractivity contribution in [2.45, 2.75) is 32.3 Å². The molecule has 1 N–H and O–H groups in total. The van der Waals surface area contributed by atoms with E-state index in [4.69, 9.17) is 5.11 Å². The van der Waals surface area contributed by atoms with Crippen LogP contribution in [0.15, 0.2) is 0 Å². The van der Waals surface area contributed by atoms with E-state index in [0.717, 1.165) is 0 Å². The third-order valence-electron chi connectivity index (χ3n) is 1.26. The molecule has 5 heteroatoms. The number of carboxylic acid groups (broad SMARTS) is 1. The maximum absolute atomic E-state index is 10.9. The lowest BCUT2D eigenvalue weighted by Crippen LogP contribution is -2.26. The van der Waals surface area contributed by atoms with Crippen LogP contribution in [-0.2, 0) is 14.4 Å². The Morgan fingerprint density at radius 2 is 1.77 bits per heavy atom. The standard InChI is InChI=1S/C8H12O5/c1-5(9)2-6(10)3-7(11)4-8(12)13/h5,9H,2-4H2,1H3,(H,12,13)/p-1. The zero-order valence-electron chi connectivity index (χ0n) is 7.28. The summed E-state index contributed by atoms with van der Waals surface area (Å²) in [4.78, 5) is 31.5. The molecule has 5 nitrogen and oxygen atoms in total. The first-order chi connectivity index (χ1) is 5.91. The SMILES string of the molecule is CC(O)CC(=O)CC(=O)CC(=O)[O-]. The Balaban J connectivity index is 3.79.